The number of rotatable bonds is 3. The smallest absolute Gasteiger partial charge is 0.260 e. The molecule has 1 aliphatic rings. The Morgan fingerprint density at radius 1 is 1.37 bits per heavy atom. The molecule has 0 atom stereocenters. The fourth-order valence-corrected chi connectivity index (χ4v) is 2.26. The molecule has 0 bridgehead atoms. The van der Waals surface area contributed by atoms with E-state index in [-0.39, 0.29) is 17.9 Å². The molecular weight excluding hydrogens is 240 g/mol. The summed E-state index contributed by atoms with van der Waals surface area (Å²) in [6.45, 7) is 7.77. The number of hydrogen-bond acceptors (Lipinski definition) is 3. The van der Waals surface area contributed by atoms with Crippen LogP contribution in [0.2, 0.25) is 0 Å². The largest absolute Gasteiger partial charge is 0.484 e. The Bertz CT molecular complexity index is 417. The number of benzene rings is 1. The van der Waals surface area contributed by atoms with Gasteiger partial charge in [-0.1, -0.05) is 32.0 Å². The lowest BCUT2D eigenvalue weighted by atomic mass is 9.93. The molecule has 1 aromatic rings. The second kappa shape index (κ2) is 6.06. The van der Waals surface area contributed by atoms with Crippen molar-refractivity contribution in [2.45, 2.75) is 13.8 Å². The fourth-order valence-electron chi connectivity index (χ4n) is 2.26. The SMILES string of the molecule is CC1(C)CNCCN(C(=O)COc2ccccc2)C1. The molecule has 0 spiro atoms. The summed E-state index contributed by atoms with van der Waals surface area (Å²) in [6.07, 6.45) is 0. The summed E-state index contributed by atoms with van der Waals surface area (Å²) in [6, 6.07) is 9.46. The van der Waals surface area contributed by atoms with Gasteiger partial charge >= 0.3 is 0 Å². The van der Waals surface area contributed by atoms with Crippen molar-refractivity contribution in [1.29, 1.82) is 0 Å². The molecule has 1 aromatic carbocycles. The zero-order valence-corrected chi connectivity index (χ0v) is 11.7. The van der Waals surface area contributed by atoms with Crippen LogP contribution < -0.4 is 10.1 Å². The number of carbonyl (C=O) groups excluding carboxylic acids is 1. The van der Waals surface area contributed by atoms with E-state index in [0.717, 1.165) is 31.9 Å². The average molecular weight is 262 g/mol. The topological polar surface area (TPSA) is 41.6 Å². The summed E-state index contributed by atoms with van der Waals surface area (Å²) in [5.41, 5.74) is 0.110. The molecule has 2 rings (SSSR count). The van der Waals surface area contributed by atoms with Crippen LogP contribution in [0.4, 0.5) is 0 Å². The molecule has 104 valence electrons. The van der Waals surface area contributed by atoms with Crippen LogP contribution in [-0.2, 0) is 4.79 Å². The Kier molecular flexibility index (Phi) is 4.43. The second-order valence-electron chi connectivity index (χ2n) is 5.76. The third-order valence-corrected chi connectivity index (χ3v) is 3.24. The van der Waals surface area contributed by atoms with Crippen molar-refractivity contribution < 1.29 is 9.53 Å². The Balaban J connectivity index is 1.88. The van der Waals surface area contributed by atoms with Gasteiger partial charge in [-0.25, -0.2) is 0 Å². The van der Waals surface area contributed by atoms with Crippen molar-refractivity contribution in [3.05, 3.63) is 30.3 Å². The van der Waals surface area contributed by atoms with Crippen LogP contribution in [0.25, 0.3) is 0 Å². The number of hydrogen-bond donors (Lipinski definition) is 1. The molecule has 0 aliphatic carbocycles. The highest BCUT2D eigenvalue weighted by molar-refractivity contribution is 5.77. The predicted molar refractivity (Wildman–Crippen MR) is 75.2 cm³/mol. The van der Waals surface area contributed by atoms with Crippen molar-refractivity contribution in [1.82, 2.24) is 10.2 Å². The zero-order chi connectivity index (χ0) is 13.7. The maximum Gasteiger partial charge on any atom is 0.260 e. The van der Waals surface area contributed by atoms with Gasteiger partial charge in [0, 0.05) is 26.2 Å². The second-order valence-corrected chi connectivity index (χ2v) is 5.76. The average Bonchev–Trinajstić information content (AvgIpc) is 2.58. The fraction of sp³-hybridized carbons (Fsp3) is 0.533. The number of nitrogens with zero attached hydrogens (tertiary/aromatic N) is 1. The number of nitrogens with one attached hydrogen (secondary N) is 1. The third kappa shape index (κ3) is 4.24. The first-order valence-corrected chi connectivity index (χ1v) is 6.73. The lowest BCUT2D eigenvalue weighted by Crippen LogP contribution is -2.41. The summed E-state index contributed by atoms with van der Waals surface area (Å²) < 4.78 is 5.52. The van der Waals surface area contributed by atoms with Crippen molar-refractivity contribution >= 4 is 5.91 Å². The highest BCUT2D eigenvalue weighted by Crippen LogP contribution is 2.18. The van der Waals surface area contributed by atoms with Gasteiger partial charge in [0.15, 0.2) is 6.61 Å². The van der Waals surface area contributed by atoms with Crippen LogP contribution in [0.3, 0.4) is 0 Å². The first kappa shape index (κ1) is 13.9. The molecule has 1 amide bonds. The van der Waals surface area contributed by atoms with Gasteiger partial charge in [-0.15, -0.1) is 0 Å². The molecule has 1 N–H and O–H groups in total. The molecule has 0 unspecified atom stereocenters. The molecule has 0 aromatic heterocycles. The van der Waals surface area contributed by atoms with Crippen molar-refractivity contribution in [2.75, 3.05) is 32.8 Å². The number of amides is 1. The summed E-state index contributed by atoms with van der Waals surface area (Å²) >= 11 is 0. The summed E-state index contributed by atoms with van der Waals surface area (Å²) in [4.78, 5) is 14.1. The first-order chi connectivity index (χ1) is 9.07. The number of para-hydroxylation sites is 1. The highest BCUT2D eigenvalue weighted by atomic mass is 16.5. The summed E-state index contributed by atoms with van der Waals surface area (Å²) in [5.74, 6) is 0.795. The van der Waals surface area contributed by atoms with Gasteiger partial charge in [-0.2, -0.15) is 0 Å². The predicted octanol–water partition coefficient (Wildman–Crippen LogP) is 1.52. The minimum Gasteiger partial charge on any atom is -0.484 e. The Morgan fingerprint density at radius 2 is 2.11 bits per heavy atom. The van der Waals surface area contributed by atoms with Gasteiger partial charge < -0.3 is 15.0 Å². The molecular formula is C15H22N2O2. The van der Waals surface area contributed by atoms with Gasteiger partial charge in [0.2, 0.25) is 0 Å². The van der Waals surface area contributed by atoms with Gasteiger partial charge in [0.25, 0.3) is 5.91 Å². The molecule has 0 saturated carbocycles. The molecule has 4 nitrogen and oxygen atoms in total. The zero-order valence-electron chi connectivity index (χ0n) is 11.7. The first-order valence-electron chi connectivity index (χ1n) is 6.73. The number of carbonyl (C=O) groups is 1. The molecule has 19 heavy (non-hydrogen) atoms. The van der Waals surface area contributed by atoms with E-state index in [1.54, 1.807) is 0 Å². The van der Waals surface area contributed by atoms with Crippen molar-refractivity contribution in [2.24, 2.45) is 5.41 Å². The van der Waals surface area contributed by atoms with E-state index in [1.807, 2.05) is 35.2 Å². The van der Waals surface area contributed by atoms with Gasteiger partial charge in [0.1, 0.15) is 5.75 Å². The third-order valence-electron chi connectivity index (χ3n) is 3.24. The molecule has 1 heterocycles. The van der Waals surface area contributed by atoms with Crippen LogP contribution in [-0.4, -0.2) is 43.6 Å². The van der Waals surface area contributed by atoms with Gasteiger partial charge in [-0.3, -0.25) is 4.79 Å². The van der Waals surface area contributed by atoms with E-state index in [2.05, 4.69) is 19.2 Å². The minimum absolute atomic E-state index is 0.0561. The van der Waals surface area contributed by atoms with Crippen molar-refractivity contribution in [3.63, 3.8) is 0 Å². The molecule has 4 heteroatoms. The Labute approximate surface area is 114 Å². The molecule has 1 fully saturated rings. The number of ether oxygens (including phenoxy) is 1. The lowest BCUT2D eigenvalue weighted by Gasteiger charge is -2.29. The van der Waals surface area contributed by atoms with E-state index in [4.69, 9.17) is 4.74 Å². The van der Waals surface area contributed by atoms with Crippen LogP contribution in [0.1, 0.15) is 13.8 Å². The van der Waals surface area contributed by atoms with E-state index >= 15 is 0 Å². The standard InChI is InChI=1S/C15H22N2O2/c1-15(2)11-16-8-9-17(12-15)14(18)10-19-13-6-4-3-5-7-13/h3-7,16H,8-12H2,1-2H3. The lowest BCUT2D eigenvalue weighted by molar-refractivity contribution is -0.134. The molecule has 1 aliphatic heterocycles. The van der Waals surface area contributed by atoms with Gasteiger partial charge in [0.05, 0.1) is 0 Å². The Morgan fingerprint density at radius 3 is 2.84 bits per heavy atom. The van der Waals surface area contributed by atoms with E-state index in [1.165, 1.54) is 0 Å². The van der Waals surface area contributed by atoms with E-state index < -0.39 is 0 Å². The van der Waals surface area contributed by atoms with Crippen LogP contribution in [0.15, 0.2) is 30.3 Å². The maximum absolute atomic E-state index is 12.2. The van der Waals surface area contributed by atoms with Crippen LogP contribution in [0, 0.1) is 5.41 Å². The van der Waals surface area contributed by atoms with Crippen LogP contribution >= 0.6 is 0 Å². The van der Waals surface area contributed by atoms with Gasteiger partial charge in [-0.05, 0) is 17.5 Å². The summed E-state index contributed by atoms with van der Waals surface area (Å²) in [7, 11) is 0. The normalized spacial score (nSPS) is 18.7. The molecule has 0 radical (unpaired) electrons. The Hall–Kier alpha value is -1.55. The maximum atomic E-state index is 12.2. The molecule has 1 saturated heterocycles. The minimum atomic E-state index is 0.0561. The van der Waals surface area contributed by atoms with Crippen LogP contribution in [0.5, 0.6) is 5.75 Å². The monoisotopic (exact) mass is 262 g/mol. The van der Waals surface area contributed by atoms with E-state index in [9.17, 15) is 4.79 Å². The quantitative estimate of drug-likeness (QED) is 0.898. The summed E-state index contributed by atoms with van der Waals surface area (Å²) in [5, 5.41) is 3.36. The highest BCUT2D eigenvalue weighted by Gasteiger charge is 2.27. The van der Waals surface area contributed by atoms with E-state index in [0.29, 0.717) is 0 Å². The van der Waals surface area contributed by atoms with Crippen molar-refractivity contribution in [3.8, 4) is 5.75 Å².